The van der Waals surface area contributed by atoms with Crippen LogP contribution < -0.4 is 10.0 Å². The maximum Gasteiger partial charge on any atom is 0.240 e. The van der Waals surface area contributed by atoms with Gasteiger partial charge in [0.2, 0.25) is 10.0 Å². The van der Waals surface area contributed by atoms with Gasteiger partial charge >= 0.3 is 0 Å². The summed E-state index contributed by atoms with van der Waals surface area (Å²) in [5.74, 6) is 0.588. The predicted molar refractivity (Wildman–Crippen MR) is 97.8 cm³/mol. The highest BCUT2D eigenvalue weighted by atomic mass is 35.5. The van der Waals surface area contributed by atoms with Crippen molar-refractivity contribution in [3.8, 4) is 0 Å². The van der Waals surface area contributed by atoms with Crippen molar-refractivity contribution in [3.63, 3.8) is 0 Å². The summed E-state index contributed by atoms with van der Waals surface area (Å²) >= 11 is 0. The largest absolute Gasteiger partial charge is 0.316 e. The molecule has 0 spiro atoms. The highest BCUT2D eigenvalue weighted by Crippen LogP contribution is 2.18. The van der Waals surface area contributed by atoms with E-state index < -0.39 is 10.0 Å². The number of piperidine rings is 1. The standard InChI is InChI=1S/C17H28N2O2S.ClH/c1-3-15-7-8-17(12-16(15)4-2)22(20,21)19-11-9-14-6-5-10-18-13-14;/h7-8,12,14,18-19H,3-6,9-11,13H2,1-2H3;1H. The topological polar surface area (TPSA) is 58.2 Å². The lowest BCUT2D eigenvalue weighted by Crippen LogP contribution is -2.33. The molecule has 0 bridgehead atoms. The van der Waals surface area contributed by atoms with Crippen molar-refractivity contribution in [3.05, 3.63) is 29.3 Å². The van der Waals surface area contributed by atoms with Crippen molar-refractivity contribution in [2.24, 2.45) is 5.92 Å². The van der Waals surface area contributed by atoms with Gasteiger partial charge in [-0.3, -0.25) is 0 Å². The van der Waals surface area contributed by atoms with Crippen LogP contribution in [0.5, 0.6) is 0 Å². The van der Waals surface area contributed by atoms with Crippen molar-refractivity contribution in [1.82, 2.24) is 10.0 Å². The first-order chi connectivity index (χ1) is 10.6. The second-order valence-corrected chi connectivity index (χ2v) is 7.80. The number of halogens is 1. The van der Waals surface area contributed by atoms with Gasteiger partial charge < -0.3 is 5.32 Å². The van der Waals surface area contributed by atoms with Gasteiger partial charge in [0.15, 0.2) is 0 Å². The third kappa shape index (κ3) is 5.75. The molecule has 1 atom stereocenters. The van der Waals surface area contributed by atoms with E-state index in [1.165, 1.54) is 18.4 Å². The van der Waals surface area contributed by atoms with E-state index in [0.717, 1.165) is 37.9 Å². The van der Waals surface area contributed by atoms with Gasteiger partial charge in [-0.05, 0) is 74.4 Å². The summed E-state index contributed by atoms with van der Waals surface area (Å²) in [4.78, 5) is 0.392. The molecule has 1 aromatic rings. The van der Waals surface area contributed by atoms with Crippen LogP contribution in [-0.4, -0.2) is 28.1 Å². The first kappa shape index (κ1) is 20.4. The number of hydrogen-bond donors (Lipinski definition) is 2. The van der Waals surface area contributed by atoms with Crippen LogP contribution in [0.3, 0.4) is 0 Å². The normalized spacial score (nSPS) is 18.4. The number of benzene rings is 1. The molecule has 0 aromatic heterocycles. The monoisotopic (exact) mass is 360 g/mol. The van der Waals surface area contributed by atoms with E-state index in [-0.39, 0.29) is 12.4 Å². The van der Waals surface area contributed by atoms with Gasteiger partial charge in [0.05, 0.1) is 4.90 Å². The lowest BCUT2D eigenvalue weighted by Gasteiger charge is -2.22. The Morgan fingerprint density at radius 2 is 1.96 bits per heavy atom. The Balaban J connectivity index is 0.00000264. The van der Waals surface area contributed by atoms with E-state index in [1.807, 2.05) is 12.1 Å². The molecule has 2 N–H and O–H groups in total. The van der Waals surface area contributed by atoms with Crippen LogP contribution >= 0.6 is 12.4 Å². The first-order valence-corrected chi connectivity index (χ1v) is 9.87. The molecule has 1 aromatic carbocycles. The van der Waals surface area contributed by atoms with Crippen LogP contribution in [0.15, 0.2) is 23.1 Å². The van der Waals surface area contributed by atoms with Crippen LogP contribution in [-0.2, 0) is 22.9 Å². The molecule has 1 saturated heterocycles. The Kier molecular flexibility index (Phi) is 8.54. The van der Waals surface area contributed by atoms with Gasteiger partial charge in [0.25, 0.3) is 0 Å². The second-order valence-electron chi connectivity index (χ2n) is 6.04. The fourth-order valence-corrected chi connectivity index (χ4v) is 4.19. The Bertz CT molecular complexity index is 584. The highest BCUT2D eigenvalue weighted by Gasteiger charge is 2.17. The van der Waals surface area contributed by atoms with Crippen LogP contribution in [0.2, 0.25) is 0 Å². The van der Waals surface area contributed by atoms with Gasteiger partial charge in [-0.1, -0.05) is 19.9 Å². The molecule has 1 unspecified atom stereocenters. The van der Waals surface area contributed by atoms with Gasteiger partial charge in [-0.25, -0.2) is 13.1 Å². The lowest BCUT2D eigenvalue weighted by atomic mass is 9.96. The average molecular weight is 361 g/mol. The molecule has 1 aliphatic heterocycles. The molecule has 6 heteroatoms. The van der Waals surface area contributed by atoms with Crippen LogP contribution in [0.25, 0.3) is 0 Å². The summed E-state index contributed by atoms with van der Waals surface area (Å²) < 4.78 is 27.6. The molecule has 2 rings (SSSR count). The zero-order valence-corrected chi connectivity index (χ0v) is 15.7. The van der Waals surface area contributed by atoms with Crippen LogP contribution in [0.1, 0.15) is 44.2 Å². The number of aryl methyl sites for hydroxylation is 2. The zero-order valence-electron chi connectivity index (χ0n) is 14.1. The molecule has 4 nitrogen and oxygen atoms in total. The molecule has 0 saturated carbocycles. The van der Waals surface area contributed by atoms with E-state index in [2.05, 4.69) is 23.9 Å². The van der Waals surface area contributed by atoms with Gasteiger partial charge in [-0.2, -0.15) is 0 Å². The van der Waals surface area contributed by atoms with Crippen molar-refractivity contribution >= 4 is 22.4 Å². The van der Waals surface area contributed by atoms with Gasteiger partial charge in [0, 0.05) is 6.54 Å². The smallest absolute Gasteiger partial charge is 0.240 e. The third-order valence-electron chi connectivity index (χ3n) is 4.49. The highest BCUT2D eigenvalue weighted by molar-refractivity contribution is 7.89. The number of sulfonamides is 1. The quantitative estimate of drug-likeness (QED) is 0.786. The summed E-state index contributed by atoms with van der Waals surface area (Å²) in [6.07, 6.45) is 5.08. The summed E-state index contributed by atoms with van der Waals surface area (Å²) in [5.41, 5.74) is 2.36. The van der Waals surface area contributed by atoms with E-state index >= 15 is 0 Å². The van der Waals surface area contributed by atoms with Gasteiger partial charge in [-0.15, -0.1) is 12.4 Å². The third-order valence-corrected chi connectivity index (χ3v) is 5.95. The Labute approximate surface area is 146 Å². The zero-order chi connectivity index (χ0) is 16.0. The molecule has 1 heterocycles. The van der Waals surface area contributed by atoms with Crippen molar-refractivity contribution in [2.75, 3.05) is 19.6 Å². The molecule has 0 aliphatic carbocycles. The minimum absolute atomic E-state index is 0. The molecule has 0 amide bonds. The number of nitrogens with one attached hydrogen (secondary N) is 2. The molecule has 1 aliphatic rings. The van der Waals surface area contributed by atoms with E-state index in [0.29, 0.717) is 17.4 Å². The second kappa shape index (κ2) is 9.62. The van der Waals surface area contributed by atoms with E-state index in [9.17, 15) is 8.42 Å². The molecule has 23 heavy (non-hydrogen) atoms. The predicted octanol–water partition coefficient (Wildman–Crippen LogP) is 2.90. The maximum absolute atomic E-state index is 12.4. The minimum Gasteiger partial charge on any atom is -0.316 e. The SMILES string of the molecule is CCc1ccc(S(=O)(=O)NCCC2CCCNC2)cc1CC.Cl. The average Bonchev–Trinajstić information content (AvgIpc) is 2.55. The fourth-order valence-electron chi connectivity index (χ4n) is 3.09. The Morgan fingerprint density at radius 1 is 1.22 bits per heavy atom. The van der Waals surface area contributed by atoms with Crippen molar-refractivity contribution < 1.29 is 8.42 Å². The molecular weight excluding hydrogens is 332 g/mol. The summed E-state index contributed by atoms with van der Waals surface area (Å²) in [7, 11) is -3.39. The molecule has 1 fully saturated rings. The molecule has 0 radical (unpaired) electrons. The first-order valence-electron chi connectivity index (χ1n) is 8.39. The van der Waals surface area contributed by atoms with Crippen LogP contribution in [0.4, 0.5) is 0 Å². The Morgan fingerprint density at radius 3 is 2.57 bits per heavy atom. The van der Waals surface area contributed by atoms with Crippen molar-refractivity contribution in [2.45, 2.75) is 50.8 Å². The lowest BCUT2D eigenvalue weighted by molar-refractivity contribution is 0.358. The molecular formula is C17H29ClN2O2S. The van der Waals surface area contributed by atoms with Crippen LogP contribution in [0, 0.1) is 5.92 Å². The maximum atomic E-state index is 12.4. The van der Waals surface area contributed by atoms with E-state index in [4.69, 9.17) is 0 Å². The number of hydrogen-bond acceptors (Lipinski definition) is 3. The fraction of sp³-hybridized carbons (Fsp3) is 0.647. The summed E-state index contributed by atoms with van der Waals surface area (Å²) in [6.45, 7) is 6.78. The van der Waals surface area contributed by atoms with Gasteiger partial charge in [0.1, 0.15) is 0 Å². The number of rotatable bonds is 7. The molecule has 132 valence electrons. The minimum atomic E-state index is -3.39. The summed E-state index contributed by atoms with van der Waals surface area (Å²) in [6, 6.07) is 5.49. The van der Waals surface area contributed by atoms with Crippen molar-refractivity contribution in [1.29, 1.82) is 0 Å². The summed E-state index contributed by atoms with van der Waals surface area (Å²) in [5, 5.41) is 3.36. The van der Waals surface area contributed by atoms with E-state index in [1.54, 1.807) is 6.07 Å². The Hall–Kier alpha value is -0.620.